The quantitative estimate of drug-likeness (QED) is 0.110. The maximum Gasteiger partial charge on any atom is 0.335 e. The first kappa shape index (κ1) is 42.4. The van der Waals surface area contributed by atoms with Crippen LogP contribution in [-0.2, 0) is 28.5 Å². The van der Waals surface area contributed by atoms with Crippen molar-refractivity contribution in [2.24, 2.45) is 50.2 Å². The molecular formula is C42H66O14. The lowest BCUT2D eigenvalue weighted by Gasteiger charge is -2.71. The Bertz CT molecular complexity index is 1560. The number of rotatable bonds is 6. The fourth-order valence-corrected chi connectivity index (χ4v) is 13.5. The fraction of sp³-hybridized carbons (Fsp3) is 0.905. The van der Waals surface area contributed by atoms with Crippen molar-refractivity contribution in [3.63, 3.8) is 0 Å². The van der Waals surface area contributed by atoms with E-state index in [-0.39, 0.29) is 33.5 Å². The molecule has 2 saturated heterocycles. The molecule has 2 aliphatic heterocycles. The number of hydrogen-bond acceptors (Lipinski definition) is 13. The molecule has 0 spiro atoms. The maximum absolute atomic E-state index is 14.6. The molecule has 14 nitrogen and oxygen atoms in total. The van der Waals surface area contributed by atoms with Gasteiger partial charge in [0.25, 0.3) is 0 Å². The van der Waals surface area contributed by atoms with E-state index in [2.05, 4.69) is 54.5 Å². The number of hydrogen-bond donors (Lipinski definition) is 8. The third-order valence-corrected chi connectivity index (χ3v) is 17.2. The summed E-state index contributed by atoms with van der Waals surface area (Å²) >= 11 is 0. The summed E-state index contributed by atoms with van der Waals surface area (Å²) in [5.74, 6) is -1.52. The molecule has 14 heteroatoms. The van der Waals surface area contributed by atoms with E-state index in [9.17, 15) is 50.4 Å². The summed E-state index contributed by atoms with van der Waals surface area (Å²) in [6.07, 6.45) is -6.14. The van der Waals surface area contributed by atoms with Crippen LogP contribution in [0.5, 0.6) is 0 Å². The Hall–Kier alpha value is -1.72. The summed E-state index contributed by atoms with van der Waals surface area (Å²) < 4.78 is 23.5. The van der Waals surface area contributed by atoms with Crippen molar-refractivity contribution in [1.29, 1.82) is 0 Å². The number of carbonyl (C=O) groups excluding carboxylic acids is 1. The van der Waals surface area contributed by atoms with Gasteiger partial charge in [0.1, 0.15) is 42.7 Å². The number of aliphatic hydroxyl groups excluding tert-OH is 7. The van der Waals surface area contributed by atoms with Gasteiger partial charge in [-0.15, -0.1) is 0 Å². The molecule has 0 aromatic heterocycles. The molecule has 2 heterocycles. The van der Waals surface area contributed by atoms with Crippen molar-refractivity contribution in [1.82, 2.24) is 0 Å². The molecule has 4 saturated carbocycles. The minimum atomic E-state index is -1.79. The third kappa shape index (κ3) is 6.17. The average molecular weight is 795 g/mol. The van der Waals surface area contributed by atoms with Gasteiger partial charge in [0.15, 0.2) is 12.4 Å². The second kappa shape index (κ2) is 14.2. The largest absolute Gasteiger partial charge is 0.479 e. The van der Waals surface area contributed by atoms with E-state index in [0.717, 1.165) is 44.9 Å². The maximum atomic E-state index is 14.6. The molecule has 0 aromatic rings. The fourth-order valence-electron chi connectivity index (χ4n) is 13.5. The number of carboxylic acids is 1. The lowest BCUT2D eigenvalue weighted by Crippen LogP contribution is -2.66. The van der Waals surface area contributed by atoms with Gasteiger partial charge in [-0.05, 0) is 109 Å². The smallest absolute Gasteiger partial charge is 0.335 e. The predicted octanol–water partition coefficient (Wildman–Crippen LogP) is 2.41. The summed E-state index contributed by atoms with van der Waals surface area (Å²) in [5.41, 5.74) is -0.448. The monoisotopic (exact) mass is 794 g/mol. The van der Waals surface area contributed by atoms with E-state index in [0.29, 0.717) is 25.2 Å². The van der Waals surface area contributed by atoms with Crippen LogP contribution in [0.25, 0.3) is 0 Å². The molecule has 8 N–H and O–H groups in total. The zero-order valence-electron chi connectivity index (χ0n) is 34.0. The average Bonchev–Trinajstić information content (AvgIpc) is 3.12. The lowest BCUT2D eigenvalue weighted by atomic mass is 9.33. The van der Waals surface area contributed by atoms with Crippen LogP contribution in [0.2, 0.25) is 0 Å². The van der Waals surface area contributed by atoms with Gasteiger partial charge in [0, 0.05) is 0 Å². The third-order valence-electron chi connectivity index (χ3n) is 17.2. The minimum Gasteiger partial charge on any atom is -0.479 e. The second-order valence-electron chi connectivity index (χ2n) is 20.7. The molecule has 0 amide bonds. The number of allylic oxidation sites excluding steroid dienone is 2. The second-order valence-corrected chi connectivity index (χ2v) is 20.7. The summed E-state index contributed by atoms with van der Waals surface area (Å²) in [6, 6.07) is 0. The van der Waals surface area contributed by atoms with Crippen molar-refractivity contribution in [3.8, 4) is 0 Å². The molecule has 5 aliphatic carbocycles. The van der Waals surface area contributed by atoms with E-state index < -0.39 is 96.9 Å². The van der Waals surface area contributed by atoms with Gasteiger partial charge in [0.05, 0.1) is 18.1 Å². The zero-order chi connectivity index (χ0) is 41.1. The summed E-state index contributed by atoms with van der Waals surface area (Å²) in [7, 11) is 0. The molecule has 18 atom stereocenters. The van der Waals surface area contributed by atoms with Crippen LogP contribution in [-0.4, -0.2) is 127 Å². The molecule has 0 unspecified atom stereocenters. The molecule has 0 aromatic carbocycles. The minimum absolute atomic E-state index is 0.0330. The van der Waals surface area contributed by atoms with Crippen LogP contribution in [0, 0.1) is 50.2 Å². The SMILES string of the molecule is CC1(C)CC[C@@]2(C(=O)O[C@@H]3O[C@H](CO)[C@@H](O)[C@H](O)[C@H]3O)CC[C@]3(C)C(=CC[C@@H]4[C@@]5(C)CC[C@H](O[C@@H]6O[C@H](C(=O)O)[C@@H](O)[C@H](O)[C@H]6O)C(C)(C)[C@@H]5CC[C@]43C)[C@H]2C1. The first-order chi connectivity index (χ1) is 26.0. The van der Waals surface area contributed by atoms with Gasteiger partial charge >= 0.3 is 11.9 Å². The van der Waals surface area contributed by atoms with E-state index in [1.165, 1.54) is 5.57 Å². The highest BCUT2D eigenvalue weighted by molar-refractivity contribution is 5.79. The van der Waals surface area contributed by atoms with Crippen molar-refractivity contribution in [3.05, 3.63) is 11.6 Å². The van der Waals surface area contributed by atoms with Gasteiger partial charge in [-0.3, -0.25) is 4.79 Å². The number of esters is 1. The Morgan fingerprint density at radius 1 is 0.750 bits per heavy atom. The van der Waals surface area contributed by atoms with Gasteiger partial charge < -0.3 is 59.8 Å². The molecule has 7 aliphatic rings. The molecule has 0 radical (unpaired) electrons. The summed E-state index contributed by atoms with van der Waals surface area (Å²) in [4.78, 5) is 26.4. The Labute approximate surface area is 329 Å². The van der Waals surface area contributed by atoms with Crippen LogP contribution in [0.15, 0.2) is 11.6 Å². The van der Waals surface area contributed by atoms with Crippen molar-refractivity contribution in [2.75, 3.05) is 6.61 Å². The van der Waals surface area contributed by atoms with Gasteiger partial charge in [0.2, 0.25) is 6.29 Å². The predicted molar refractivity (Wildman–Crippen MR) is 198 cm³/mol. The summed E-state index contributed by atoms with van der Waals surface area (Å²) in [5, 5.41) is 82.4. The number of aliphatic carboxylic acids is 1. The topological polar surface area (TPSA) is 233 Å². The molecule has 318 valence electrons. The summed E-state index contributed by atoms with van der Waals surface area (Å²) in [6.45, 7) is 15.5. The van der Waals surface area contributed by atoms with E-state index in [4.69, 9.17) is 18.9 Å². The molecule has 6 fully saturated rings. The van der Waals surface area contributed by atoms with Crippen LogP contribution >= 0.6 is 0 Å². The Morgan fingerprint density at radius 2 is 1.39 bits per heavy atom. The number of ether oxygens (including phenoxy) is 4. The Kier molecular flexibility index (Phi) is 10.8. The number of carbonyl (C=O) groups is 2. The Balaban J connectivity index is 1.16. The van der Waals surface area contributed by atoms with Crippen LogP contribution in [0.4, 0.5) is 0 Å². The van der Waals surface area contributed by atoms with Crippen molar-refractivity contribution in [2.45, 2.75) is 180 Å². The molecular weight excluding hydrogens is 728 g/mol. The standard InChI is InChI=1S/C42H66O14/c1-37(2)14-16-42(36(52)56-34-30(48)27(45)26(44)22(19-43)53-34)17-15-40(6)20(21(42)18-37)8-9-24-39(5)12-11-25(38(3,4)23(39)10-13-41(24,40)7)54-35-31(49)28(46)29(47)32(55-35)33(50)51/h8,21-32,34-35,43-49H,9-19H2,1-7H3,(H,50,51)/t21-,22-,23+,24-,25+,26-,27+,28+,29+,30-,31-,32+,34+,35-,39+,40-,41-,42-/m1/s1. The van der Waals surface area contributed by atoms with Crippen LogP contribution in [0.3, 0.4) is 0 Å². The van der Waals surface area contributed by atoms with Gasteiger partial charge in [-0.2, -0.15) is 0 Å². The zero-order valence-corrected chi connectivity index (χ0v) is 34.0. The first-order valence-corrected chi connectivity index (χ1v) is 20.8. The molecule has 0 bridgehead atoms. The first-order valence-electron chi connectivity index (χ1n) is 20.8. The Morgan fingerprint density at radius 3 is 2.05 bits per heavy atom. The van der Waals surface area contributed by atoms with E-state index in [1.807, 2.05) is 0 Å². The number of carboxylic acid groups (broad SMARTS) is 1. The van der Waals surface area contributed by atoms with E-state index in [1.54, 1.807) is 0 Å². The van der Waals surface area contributed by atoms with E-state index >= 15 is 0 Å². The highest BCUT2D eigenvalue weighted by atomic mass is 16.7. The van der Waals surface area contributed by atoms with Crippen molar-refractivity contribution < 1.29 is 69.4 Å². The molecule has 56 heavy (non-hydrogen) atoms. The lowest BCUT2D eigenvalue weighted by molar-refractivity contribution is -0.324. The van der Waals surface area contributed by atoms with Gasteiger partial charge in [-0.25, -0.2) is 4.79 Å². The number of aliphatic hydroxyl groups is 7. The highest BCUT2D eigenvalue weighted by Crippen LogP contribution is 2.76. The van der Waals surface area contributed by atoms with Crippen molar-refractivity contribution >= 4 is 11.9 Å². The normalized spacial score (nSPS) is 52.3. The molecule has 7 rings (SSSR count). The highest BCUT2D eigenvalue weighted by Gasteiger charge is 2.70. The van der Waals surface area contributed by atoms with Gasteiger partial charge in [-0.1, -0.05) is 60.1 Å². The van der Waals surface area contributed by atoms with Crippen LogP contribution < -0.4 is 0 Å². The van der Waals surface area contributed by atoms with Crippen LogP contribution in [0.1, 0.15) is 113 Å². The number of fused-ring (bicyclic) bond motifs is 7.